The minimum absolute atomic E-state index is 0.813. The van der Waals surface area contributed by atoms with Crippen LogP contribution in [0.3, 0.4) is 0 Å². The van der Waals surface area contributed by atoms with Crippen molar-refractivity contribution in [3.05, 3.63) is 0 Å². The summed E-state index contributed by atoms with van der Waals surface area (Å²) >= 11 is 0. The van der Waals surface area contributed by atoms with E-state index in [-0.39, 0.29) is 0 Å². The lowest BCUT2D eigenvalue weighted by molar-refractivity contribution is 0.147. The summed E-state index contributed by atoms with van der Waals surface area (Å²) in [6, 6.07) is 0.813. The molecule has 1 rings (SSSR count). The van der Waals surface area contributed by atoms with Crippen molar-refractivity contribution in [1.29, 1.82) is 0 Å². The number of nitrogens with zero attached hydrogens (tertiary/aromatic N) is 1. The second-order valence-electron chi connectivity index (χ2n) is 4.37. The molecule has 2 unspecified atom stereocenters. The molecule has 2 heteroatoms. The normalized spacial score (nSPS) is 29.5. The molecule has 0 bridgehead atoms. The molecule has 0 spiro atoms. The van der Waals surface area contributed by atoms with Crippen molar-refractivity contribution < 1.29 is 0 Å². The maximum Gasteiger partial charge on any atom is 0.0142 e. The standard InChI is InChI=1S/C11H24N2/c1-4-5-8-13(3)11-6-7-12-9-10(11)2/h10-12H,4-9H2,1-3H3. The Hall–Kier alpha value is -0.0800. The van der Waals surface area contributed by atoms with E-state index < -0.39 is 0 Å². The van der Waals surface area contributed by atoms with E-state index in [1.807, 2.05) is 0 Å². The van der Waals surface area contributed by atoms with E-state index in [1.54, 1.807) is 0 Å². The molecule has 78 valence electrons. The van der Waals surface area contributed by atoms with Crippen LogP contribution in [0.2, 0.25) is 0 Å². The van der Waals surface area contributed by atoms with Gasteiger partial charge in [0.05, 0.1) is 0 Å². The van der Waals surface area contributed by atoms with Crippen molar-refractivity contribution in [1.82, 2.24) is 10.2 Å². The van der Waals surface area contributed by atoms with E-state index in [0.29, 0.717) is 0 Å². The molecular formula is C11H24N2. The number of hydrogen-bond donors (Lipinski definition) is 1. The Morgan fingerprint density at radius 2 is 2.23 bits per heavy atom. The van der Waals surface area contributed by atoms with Crippen molar-refractivity contribution in [2.45, 2.75) is 39.2 Å². The molecule has 0 aromatic carbocycles. The molecule has 0 aliphatic carbocycles. The number of piperidine rings is 1. The van der Waals surface area contributed by atoms with E-state index >= 15 is 0 Å². The summed E-state index contributed by atoms with van der Waals surface area (Å²) < 4.78 is 0. The van der Waals surface area contributed by atoms with E-state index in [4.69, 9.17) is 0 Å². The molecular weight excluding hydrogens is 160 g/mol. The monoisotopic (exact) mass is 184 g/mol. The van der Waals surface area contributed by atoms with Crippen LogP contribution in [0.15, 0.2) is 0 Å². The molecule has 1 aliphatic rings. The molecule has 13 heavy (non-hydrogen) atoms. The molecule has 1 aliphatic heterocycles. The molecule has 0 aromatic heterocycles. The molecule has 1 heterocycles. The minimum atomic E-state index is 0.813. The van der Waals surface area contributed by atoms with Gasteiger partial charge in [-0.2, -0.15) is 0 Å². The van der Waals surface area contributed by atoms with Gasteiger partial charge in [-0.1, -0.05) is 20.3 Å². The van der Waals surface area contributed by atoms with Crippen LogP contribution in [0.5, 0.6) is 0 Å². The summed E-state index contributed by atoms with van der Waals surface area (Å²) in [6.45, 7) is 8.29. The van der Waals surface area contributed by atoms with E-state index in [1.165, 1.54) is 38.9 Å². The Morgan fingerprint density at radius 3 is 2.85 bits per heavy atom. The maximum atomic E-state index is 3.45. The van der Waals surface area contributed by atoms with Crippen LogP contribution in [0.4, 0.5) is 0 Å². The Balaban J connectivity index is 2.30. The van der Waals surface area contributed by atoms with Crippen LogP contribution >= 0.6 is 0 Å². The van der Waals surface area contributed by atoms with E-state index in [2.05, 4.69) is 31.1 Å². The van der Waals surface area contributed by atoms with Crippen LogP contribution in [-0.4, -0.2) is 37.6 Å². The average Bonchev–Trinajstić information content (AvgIpc) is 2.15. The van der Waals surface area contributed by atoms with Gasteiger partial charge >= 0.3 is 0 Å². The van der Waals surface area contributed by atoms with Gasteiger partial charge < -0.3 is 10.2 Å². The summed E-state index contributed by atoms with van der Waals surface area (Å²) in [7, 11) is 2.28. The highest BCUT2D eigenvalue weighted by Gasteiger charge is 2.23. The zero-order valence-electron chi connectivity index (χ0n) is 9.34. The van der Waals surface area contributed by atoms with Crippen molar-refractivity contribution in [3.63, 3.8) is 0 Å². The summed E-state index contributed by atoms with van der Waals surface area (Å²) in [4.78, 5) is 2.55. The van der Waals surface area contributed by atoms with Crippen molar-refractivity contribution >= 4 is 0 Å². The fourth-order valence-corrected chi connectivity index (χ4v) is 2.23. The van der Waals surface area contributed by atoms with Crippen LogP contribution in [-0.2, 0) is 0 Å². The maximum absolute atomic E-state index is 3.45. The predicted octanol–water partition coefficient (Wildman–Crippen LogP) is 1.72. The van der Waals surface area contributed by atoms with Gasteiger partial charge in [0, 0.05) is 6.04 Å². The third-order valence-electron chi connectivity index (χ3n) is 3.17. The van der Waals surface area contributed by atoms with Gasteiger partial charge in [-0.15, -0.1) is 0 Å². The largest absolute Gasteiger partial charge is 0.316 e. The van der Waals surface area contributed by atoms with Crippen LogP contribution in [0, 0.1) is 5.92 Å². The molecule has 0 amide bonds. The highest BCUT2D eigenvalue weighted by atomic mass is 15.1. The molecule has 1 N–H and O–H groups in total. The first kappa shape index (κ1) is 11.0. The van der Waals surface area contributed by atoms with Crippen LogP contribution in [0.25, 0.3) is 0 Å². The Labute approximate surface area is 82.7 Å². The lowest BCUT2D eigenvalue weighted by Crippen LogP contribution is -2.47. The minimum Gasteiger partial charge on any atom is -0.316 e. The predicted molar refractivity (Wildman–Crippen MR) is 58.0 cm³/mol. The SMILES string of the molecule is CCCCN(C)C1CCNCC1C. The summed E-state index contributed by atoms with van der Waals surface area (Å²) in [5.74, 6) is 0.815. The zero-order valence-corrected chi connectivity index (χ0v) is 9.34. The van der Waals surface area contributed by atoms with Crippen LogP contribution < -0.4 is 5.32 Å². The highest BCUT2D eigenvalue weighted by molar-refractivity contribution is 4.81. The van der Waals surface area contributed by atoms with Gasteiger partial charge in [0.1, 0.15) is 0 Å². The van der Waals surface area contributed by atoms with Gasteiger partial charge in [0.25, 0.3) is 0 Å². The molecule has 1 saturated heterocycles. The second kappa shape index (κ2) is 5.61. The summed E-state index contributed by atoms with van der Waals surface area (Å²) in [5.41, 5.74) is 0. The zero-order chi connectivity index (χ0) is 9.68. The average molecular weight is 184 g/mol. The number of unbranched alkanes of at least 4 members (excludes halogenated alkanes) is 1. The quantitative estimate of drug-likeness (QED) is 0.715. The van der Waals surface area contributed by atoms with E-state index in [9.17, 15) is 0 Å². The summed E-state index contributed by atoms with van der Waals surface area (Å²) in [5, 5.41) is 3.45. The number of rotatable bonds is 4. The lowest BCUT2D eigenvalue weighted by Gasteiger charge is -2.36. The van der Waals surface area contributed by atoms with Crippen molar-refractivity contribution in [2.24, 2.45) is 5.92 Å². The van der Waals surface area contributed by atoms with E-state index in [0.717, 1.165) is 12.0 Å². The van der Waals surface area contributed by atoms with Gasteiger partial charge in [0.15, 0.2) is 0 Å². The number of nitrogens with one attached hydrogen (secondary N) is 1. The van der Waals surface area contributed by atoms with Gasteiger partial charge in [0.2, 0.25) is 0 Å². The lowest BCUT2D eigenvalue weighted by atomic mass is 9.94. The first-order chi connectivity index (χ1) is 6.25. The first-order valence-corrected chi connectivity index (χ1v) is 5.66. The van der Waals surface area contributed by atoms with Crippen molar-refractivity contribution in [2.75, 3.05) is 26.7 Å². The van der Waals surface area contributed by atoms with Gasteiger partial charge in [-0.05, 0) is 45.4 Å². The third kappa shape index (κ3) is 3.28. The Bertz CT molecular complexity index is 136. The highest BCUT2D eigenvalue weighted by Crippen LogP contribution is 2.16. The summed E-state index contributed by atoms with van der Waals surface area (Å²) in [6.07, 6.45) is 3.97. The second-order valence-corrected chi connectivity index (χ2v) is 4.37. The molecule has 0 saturated carbocycles. The molecule has 0 radical (unpaired) electrons. The molecule has 2 atom stereocenters. The Kier molecular flexibility index (Phi) is 4.74. The van der Waals surface area contributed by atoms with Gasteiger partial charge in [-0.25, -0.2) is 0 Å². The fourth-order valence-electron chi connectivity index (χ4n) is 2.23. The third-order valence-corrected chi connectivity index (χ3v) is 3.17. The molecule has 1 fully saturated rings. The number of hydrogen-bond acceptors (Lipinski definition) is 2. The molecule has 2 nitrogen and oxygen atoms in total. The van der Waals surface area contributed by atoms with Gasteiger partial charge in [-0.3, -0.25) is 0 Å². The van der Waals surface area contributed by atoms with Crippen molar-refractivity contribution in [3.8, 4) is 0 Å². The molecule has 0 aromatic rings. The smallest absolute Gasteiger partial charge is 0.0142 e. The topological polar surface area (TPSA) is 15.3 Å². The Morgan fingerprint density at radius 1 is 1.46 bits per heavy atom. The first-order valence-electron chi connectivity index (χ1n) is 5.66. The van der Waals surface area contributed by atoms with Crippen LogP contribution in [0.1, 0.15) is 33.1 Å². The fraction of sp³-hybridized carbons (Fsp3) is 1.00.